The molecule has 3 aliphatic carbocycles. The van der Waals surface area contributed by atoms with Gasteiger partial charge in [0.05, 0.1) is 33.5 Å². The molecule has 3 unspecified atom stereocenters. The average Bonchev–Trinajstić information content (AvgIpc) is 3.50. The van der Waals surface area contributed by atoms with Gasteiger partial charge in [-0.3, -0.25) is 0 Å². The third-order valence-electron chi connectivity index (χ3n) is 12.1. The monoisotopic (exact) mass is 638 g/mol. The Balaban J connectivity index is 1.26. The Morgan fingerprint density at radius 1 is 0.540 bits per heavy atom. The molecule has 0 aliphatic heterocycles. The molecule has 8 aromatic rings. The van der Waals surface area contributed by atoms with Crippen molar-refractivity contribution in [1.29, 1.82) is 0 Å². The molecule has 1 spiro atoms. The van der Waals surface area contributed by atoms with Crippen LogP contribution in [0.25, 0.3) is 50.0 Å². The smallest absolute Gasteiger partial charge is 0.0730 e. The predicted octanol–water partition coefficient (Wildman–Crippen LogP) is 11.5. The van der Waals surface area contributed by atoms with Gasteiger partial charge in [0, 0.05) is 33.2 Å². The molecule has 4 atom stereocenters. The zero-order chi connectivity index (χ0) is 32.9. The number of hydrogen-bond acceptors (Lipinski definition) is 1. The lowest BCUT2D eigenvalue weighted by atomic mass is 9.60. The van der Waals surface area contributed by atoms with E-state index < -0.39 is 0 Å². The Bertz CT molecular complexity index is 2580. The fraction of sp³-hybridized carbons (Fsp3) is 0.104. The van der Waals surface area contributed by atoms with Crippen LogP contribution < -0.4 is 0 Å². The molecular formula is C48H34N2. The number of hydrogen-bond donors (Lipinski definition) is 0. The van der Waals surface area contributed by atoms with Crippen molar-refractivity contribution >= 4 is 21.8 Å². The number of nitrogens with zero attached hydrogens (tertiary/aromatic N) is 2. The highest BCUT2D eigenvalue weighted by molar-refractivity contribution is 6.12. The lowest BCUT2D eigenvalue weighted by Gasteiger charge is -2.40. The first-order chi connectivity index (χ1) is 24.8. The number of rotatable bonds is 5. The topological polar surface area (TPSA) is 17.8 Å². The SMILES string of the molecule is C1=CC2c3ccccc3C(c3ccccc3)(c3cccc4c3c3ccccc3n4-c3cc(-c4ccccc4)nc(-c4ccccc4)c3)[C@]23CC13. The van der Waals surface area contributed by atoms with Gasteiger partial charge < -0.3 is 4.57 Å². The van der Waals surface area contributed by atoms with Gasteiger partial charge in [-0.1, -0.05) is 158 Å². The third kappa shape index (κ3) is 3.55. The highest BCUT2D eigenvalue weighted by Gasteiger charge is 2.76. The second kappa shape index (κ2) is 10.3. The van der Waals surface area contributed by atoms with E-state index in [0.717, 1.165) is 28.2 Å². The van der Waals surface area contributed by atoms with Gasteiger partial charge in [0.15, 0.2) is 0 Å². The van der Waals surface area contributed by atoms with Crippen molar-refractivity contribution in [2.75, 3.05) is 0 Å². The number of aromatic nitrogens is 2. The molecule has 0 amide bonds. The van der Waals surface area contributed by atoms with Crippen LogP contribution in [0.1, 0.15) is 34.6 Å². The van der Waals surface area contributed by atoms with E-state index in [1.807, 2.05) is 0 Å². The molecule has 3 aliphatic rings. The van der Waals surface area contributed by atoms with E-state index in [4.69, 9.17) is 4.98 Å². The third-order valence-corrected chi connectivity index (χ3v) is 12.1. The summed E-state index contributed by atoms with van der Waals surface area (Å²) < 4.78 is 2.49. The van der Waals surface area contributed by atoms with E-state index in [2.05, 4.69) is 187 Å². The van der Waals surface area contributed by atoms with E-state index >= 15 is 0 Å². The lowest BCUT2D eigenvalue weighted by molar-refractivity contribution is 0.348. The Hall–Kier alpha value is -5.99. The molecule has 11 rings (SSSR count). The summed E-state index contributed by atoms with van der Waals surface area (Å²) >= 11 is 0. The van der Waals surface area contributed by atoms with Crippen molar-refractivity contribution in [3.8, 4) is 28.2 Å². The van der Waals surface area contributed by atoms with Gasteiger partial charge >= 0.3 is 0 Å². The lowest BCUT2D eigenvalue weighted by Crippen LogP contribution is -2.37. The molecule has 0 bridgehead atoms. The highest BCUT2D eigenvalue weighted by atomic mass is 15.0. The van der Waals surface area contributed by atoms with Crippen LogP contribution in [-0.2, 0) is 5.41 Å². The Kier molecular flexibility index (Phi) is 5.73. The highest BCUT2D eigenvalue weighted by Crippen LogP contribution is 2.81. The number of fused-ring (bicyclic) bond motifs is 5. The molecule has 2 nitrogen and oxygen atoms in total. The molecule has 50 heavy (non-hydrogen) atoms. The first kappa shape index (κ1) is 27.9. The maximum Gasteiger partial charge on any atom is 0.0730 e. The van der Waals surface area contributed by atoms with Crippen LogP contribution in [0.5, 0.6) is 0 Å². The fourth-order valence-electron chi connectivity index (χ4n) is 10.2. The summed E-state index contributed by atoms with van der Waals surface area (Å²) in [6, 6.07) is 62.5. The van der Waals surface area contributed by atoms with Gasteiger partial charge in [-0.05, 0) is 58.9 Å². The number of benzene rings is 6. The predicted molar refractivity (Wildman–Crippen MR) is 205 cm³/mol. The molecule has 0 radical (unpaired) electrons. The van der Waals surface area contributed by atoms with Crippen LogP contribution in [0, 0.1) is 11.3 Å². The molecule has 2 heteroatoms. The molecular weight excluding hydrogens is 605 g/mol. The first-order valence-corrected chi connectivity index (χ1v) is 17.8. The van der Waals surface area contributed by atoms with Crippen molar-refractivity contribution in [1.82, 2.24) is 9.55 Å². The van der Waals surface area contributed by atoms with E-state index in [0.29, 0.717) is 11.8 Å². The standard InChI is InChI=1S/C48H34N2/c1-4-15-32(16-5-1)42-29-36(30-43(49-42)33-17-6-2-7-18-33)50-44-25-13-11-22-38(44)46-41(24-14-26-45(46)50)48(34-19-8-3-9-20-34)40-23-12-10-21-37(40)39-28-27-35-31-47(35,39)48/h1-30,35,39H,31H2/t35?,39?,47-,48?/m0/s1. The van der Waals surface area contributed by atoms with Gasteiger partial charge in [0.2, 0.25) is 0 Å². The quantitative estimate of drug-likeness (QED) is 0.172. The summed E-state index contributed by atoms with van der Waals surface area (Å²) in [5.74, 6) is 0.973. The fourth-order valence-corrected chi connectivity index (χ4v) is 10.2. The molecule has 2 heterocycles. The van der Waals surface area contributed by atoms with Crippen LogP contribution in [0.2, 0.25) is 0 Å². The molecule has 2 aromatic heterocycles. The van der Waals surface area contributed by atoms with Gasteiger partial charge in [-0.25, -0.2) is 4.98 Å². The minimum atomic E-state index is -0.291. The van der Waals surface area contributed by atoms with Crippen molar-refractivity contribution in [2.24, 2.45) is 11.3 Å². The molecule has 236 valence electrons. The molecule has 0 N–H and O–H groups in total. The van der Waals surface area contributed by atoms with Crippen LogP contribution in [0.3, 0.4) is 0 Å². The first-order valence-electron chi connectivity index (χ1n) is 17.8. The zero-order valence-corrected chi connectivity index (χ0v) is 27.6. The summed E-state index contributed by atoms with van der Waals surface area (Å²) in [6.07, 6.45) is 6.25. The molecule has 0 saturated heterocycles. The van der Waals surface area contributed by atoms with Crippen LogP contribution in [0.15, 0.2) is 182 Å². The van der Waals surface area contributed by atoms with Crippen LogP contribution >= 0.6 is 0 Å². The van der Waals surface area contributed by atoms with Gasteiger partial charge in [-0.2, -0.15) is 0 Å². The summed E-state index contributed by atoms with van der Waals surface area (Å²) in [5, 5.41) is 2.63. The maximum absolute atomic E-state index is 5.23. The van der Waals surface area contributed by atoms with E-state index in [9.17, 15) is 0 Å². The minimum Gasteiger partial charge on any atom is -0.309 e. The largest absolute Gasteiger partial charge is 0.309 e. The Morgan fingerprint density at radius 3 is 1.86 bits per heavy atom. The average molecular weight is 639 g/mol. The van der Waals surface area contributed by atoms with E-state index in [1.54, 1.807) is 0 Å². The van der Waals surface area contributed by atoms with Crippen molar-refractivity contribution in [3.05, 3.63) is 204 Å². The van der Waals surface area contributed by atoms with Crippen molar-refractivity contribution < 1.29 is 0 Å². The Labute approximate surface area is 292 Å². The second-order valence-electron chi connectivity index (χ2n) is 14.3. The maximum atomic E-state index is 5.23. The van der Waals surface area contributed by atoms with Crippen LogP contribution in [-0.4, -0.2) is 9.55 Å². The van der Waals surface area contributed by atoms with Gasteiger partial charge in [0.1, 0.15) is 0 Å². The van der Waals surface area contributed by atoms with Gasteiger partial charge in [-0.15, -0.1) is 0 Å². The van der Waals surface area contributed by atoms with Crippen molar-refractivity contribution in [2.45, 2.75) is 17.8 Å². The molecule has 1 saturated carbocycles. The summed E-state index contributed by atoms with van der Waals surface area (Å²) in [6.45, 7) is 0. The van der Waals surface area contributed by atoms with Crippen molar-refractivity contribution in [3.63, 3.8) is 0 Å². The number of pyridine rings is 1. The number of para-hydroxylation sites is 1. The molecule has 6 aromatic carbocycles. The Morgan fingerprint density at radius 2 is 1.14 bits per heavy atom. The summed E-state index contributed by atoms with van der Waals surface area (Å²) in [7, 11) is 0. The molecule has 1 fully saturated rings. The second-order valence-corrected chi connectivity index (χ2v) is 14.3. The normalized spacial score (nSPS) is 22.8. The zero-order valence-electron chi connectivity index (χ0n) is 27.6. The van der Waals surface area contributed by atoms with E-state index in [1.165, 1.54) is 50.5 Å². The van der Waals surface area contributed by atoms with E-state index in [-0.39, 0.29) is 10.8 Å². The van der Waals surface area contributed by atoms with Crippen LogP contribution in [0.4, 0.5) is 0 Å². The summed E-state index contributed by atoms with van der Waals surface area (Å²) in [4.78, 5) is 5.23. The van der Waals surface area contributed by atoms with Gasteiger partial charge in [0.25, 0.3) is 0 Å². The minimum absolute atomic E-state index is 0.0904. The number of allylic oxidation sites excluding steroid dienone is 2. The summed E-state index contributed by atoms with van der Waals surface area (Å²) in [5.41, 5.74) is 13.3.